The van der Waals surface area contributed by atoms with E-state index in [1.807, 2.05) is 0 Å². The molecule has 1 saturated heterocycles. The van der Waals surface area contributed by atoms with E-state index in [-0.39, 0.29) is 8.07 Å². The molecule has 0 radical (unpaired) electrons. The maximum Gasteiger partial charge on any atom is 0.226 e. The molecule has 12 heavy (non-hydrogen) atoms. The first kappa shape index (κ1) is 9.98. The van der Waals surface area contributed by atoms with Gasteiger partial charge in [-0.2, -0.15) is 0 Å². The minimum absolute atomic E-state index is 0.0735. The molecule has 0 aromatic carbocycles. The molecule has 1 rings (SSSR count). The molecule has 1 aliphatic heterocycles. The number of nitrogens with zero attached hydrogens (tertiary/aromatic N) is 1. The van der Waals surface area contributed by atoms with Crippen LogP contribution in [0.4, 0.5) is 0 Å². The fraction of sp³-hybridized carbons (Fsp3) is 0.889. The van der Waals surface area contributed by atoms with Crippen LogP contribution in [0.3, 0.4) is 0 Å². The molecule has 0 aromatic heterocycles. The van der Waals surface area contributed by atoms with Gasteiger partial charge in [0.25, 0.3) is 0 Å². The summed E-state index contributed by atoms with van der Waals surface area (Å²) in [6.07, 6.45) is 5.50. The highest BCUT2D eigenvalue weighted by molar-refractivity contribution is 7.56. The van der Waals surface area contributed by atoms with E-state index < -0.39 is 0 Å². The summed E-state index contributed by atoms with van der Waals surface area (Å²) >= 11 is 0. The van der Waals surface area contributed by atoms with Crippen LogP contribution in [-0.2, 0) is 4.79 Å². The maximum absolute atomic E-state index is 11.4. The molecule has 0 saturated carbocycles. The molecule has 2 nitrogen and oxygen atoms in total. The molecule has 70 valence electrons. The number of hydrogen-bond donors (Lipinski definition) is 0. The second-order valence-electron chi connectivity index (χ2n) is 3.17. The van der Waals surface area contributed by atoms with Crippen LogP contribution < -0.4 is 0 Å². The fourth-order valence-corrected chi connectivity index (χ4v) is 3.72. The number of carbonyl (C=O) groups is 1. The second kappa shape index (κ2) is 4.81. The monoisotopic (exact) mass is 187 g/mol. The summed E-state index contributed by atoms with van der Waals surface area (Å²) in [4.78, 5) is 11.4. The zero-order chi connectivity index (χ0) is 8.97. The van der Waals surface area contributed by atoms with Crippen LogP contribution in [0.15, 0.2) is 0 Å². The molecule has 1 aliphatic rings. The summed E-state index contributed by atoms with van der Waals surface area (Å²) in [6, 6.07) is 0. The van der Waals surface area contributed by atoms with Crippen LogP contribution in [0.2, 0.25) is 0 Å². The van der Waals surface area contributed by atoms with Crippen molar-refractivity contribution in [2.75, 3.05) is 18.9 Å². The van der Waals surface area contributed by atoms with E-state index in [0.29, 0.717) is 5.91 Å². The van der Waals surface area contributed by atoms with E-state index in [1.165, 1.54) is 19.0 Å². The number of carbonyl (C=O) groups excluding carboxylic acids is 1. The Labute approximate surface area is 76.1 Å². The van der Waals surface area contributed by atoms with Crippen LogP contribution >= 0.6 is 8.07 Å². The van der Waals surface area contributed by atoms with Gasteiger partial charge in [0.1, 0.15) is 0 Å². The van der Waals surface area contributed by atoms with E-state index >= 15 is 0 Å². The van der Waals surface area contributed by atoms with Gasteiger partial charge in [-0.15, -0.1) is 0 Å². The molecule has 0 spiro atoms. The molecule has 1 amide bonds. The van der Waals surface area contributed by atoms with E-state index in [9.17, 15) is 4.79 Å². The summed E-state index contributed by atoms with van der Waals surface area (Å²) in [5, 5.41) is 0. The zero-order valence-corrected chi connectivity index (χ0v) is 8.94. The Bertz CT molecular complexity index is 161. The largest absolute Gasteiger partial charge is 0.322 e. The number of unbranched alkanes of at least 4 members (excludes halogenated alkanes) is 1. The molecule has 0 aliphatic carbocycles. The van der Waals surface area contributed by atoms with Crippen LogP contribution in [0.25, 0.3) is 0 Å². The summed E-state index contributed by atoms with van der Waals surface area (Å²) in [7, 11) is -0.0735. The Morgan fingerprint density at radius 3 is 2.83 bits per heavy atom. The van der Waals surface area contributed by atoms with Crippen molar-refractivity contribution in [3.63, 3.8) is 0 Å². The number of rotatable bonds is 4. The van der Waals surface area contributed by atoms with Gasteiger partial charge in [0.15, 0.2) is 0 Å². The van der Waals surface area contributed by atoms with Gasteiger partial charge in [0.05, 0.1) is 0 Å². The van der Waals surface area contributed by atoms with Gasteiger partial charge >= 0.3 is 0 Å². The summed E-state index contributed by atoms with van der Waals surface area (Å²) in [6.45, 7) is 5.38. The van der Waals surface area contributed by atoms with Crippen LogP contribution in [0, 0.1) is 0 Å². The second-order valence-corrected chi connectivity index (χ2v) is 5.74. The Kier molecular flexibility index (Phi) is 4.00. The molecule has 1 fully saturated rings. The van der Waals surface area contributed by atoms with E-state index in [2.05, 4.69) is 18.5 Å². The molecular formula is C9H18NOP. The van der Waals surface area contributed by atoms with Gasteiger partial charge < -0.3 is 4.67 Å². The lowest BCUT2D eigenvalue weighted by Crippen LogP contribution is -2.21. The molecule has 0 aromatic rings. The van der Waals surface area contributed by atoms with Crippen molar-refractivity contribution < 1.29 is 4.79 Å². The Morgan fingerprint density at radius 1 is 1.50 bits per heavy atom. The smallest absolute Gasteiger partial charge is 0.226 e. The molecular weight excluding hydrogens is 169 g/mol. The van der Waals surface area contributed by atoms with Crippen molar-refractivity contribution in [2.24, 2.45) is 0 Å². The minimum Gasteiger partial charge on any atom is -0.322 e. The predicted octanol–water partition coefficient (Wildman–Crippen LogP) is 2.44. The molecule has 0 bridgehead atoms. The van der Waals surface area contributed by atoms with Crippen molar-refractivity contribution in [2.45, 2.75) is 33.1 Å². The average Bonchev–Trinajstić information content (AvgIpc) is 2.43. The van der Waals surface area contributed by atoms with E-state index in [0.717, 1.165) is 19.1 Å². The first-order valence-electron chi connectivity index (χ1n) is 4.84. The van der Waals surface area contributed by atoms with Crippen LogP contribution in [0.5, 0.6) is 0 Å². The first-order chi connectivity index (χ1) is 5.79. The molecule has 1 heterocycles. The molecule has 1 unspecified atom stereocenters. The first-order valence-corrected chi connectivity index (χ1v) is 6.51. The third-order valence-electron chi connectivity index (χ3n) is 2.30. The SMILES string of the molecule is CCCCN1C(=O)CCP1CC. The normalized spacial score (nSPS) is 23.7. The van der Waals surface area contributed by atoms with E-state index in [1.54, 1.807) is 0 Å². The molecule has 0 N–H and O–H groups in total. The topological polar surface area (TPSA) is 20.3 Å². The predicted molar refractivity (Wildman–Crippen MR) is 53.6 cm³/mol. The van der Waals surface area contributed by atoms with Gasteiger partial charge in [-0.25, -0.2) is 0 Å². The van der Waals surface area contributed by atoms with Gasteiger partial charge in [-0.1, -0.05) is 20.3 Å². The van der Waals surface area contributed by atoms with E-state index in [4.69, 9.17) is 0 Å². The third-order valence-corrected chi connectivity index (χ3v) is 4.88. The van der Waals surface area contributed by atoms with Gasteiger partial charge in [-0.05, 0) is 26.8 Å². The van der Waals surface area contributed by atoms with Crippen molar-refractivity contribution in [1.29, 1.82) is 0 Å². The zero-order valence-electron chi connectivity index (χ0n) is 8.05. The standard InChI is InChI=1S/C9H18NOP/c1-3-5-7-10-9(11)6-8-12(10)4-2/h3-8H2,1-2H3. The lowest BCUT2D eigenvalue weighted by Gasteiger charge is -2.23. The summed E-state index contributed by atoms with van der Waals surface area (Å²) in [5.74, 6) is 0.399. The highest BCUT2D eigenvalue weighted by Crippen LogP contribution is 2.46. The Morgan fingerprint density at radius 2 is 2.25 bits per heavy atom. The van der Waals surface area contributed by atoms with Crippen molar-refractivity contribution in [1.82, 2.24) is 4.67 Å². The van der Waals surface area contributed by atoms with Gasteiger partial charge in [0, 0.05) is 13.0 Å². The van der Waals surface area contributed by atoms with Crippen molar-refractivity contribution >= 4 is 14.0 Å². The number of hydrogen-bond acceptors (Lipinski definition) is 1. The number of amides is 1. The lowest BCUT2D eigenvalue weighted by molar-refractivity contribution is -0.125. The van der Waals surface area contributed by atoms with Gasteiger partial charge in [-0.3, -0.25) is 4.79 Å². The van der Waals surface area contributed by atoms with Gasteiger partial charge in [0.2, 0.25) is 5.91 Å². The average molecular weight is 187 g/mol. The maximum atomic E-state index is 11.4. The Balaban J connectivity index is 2.40. The van der Waals surface area contributed by atoms with Crippen molar-refractivity contribution in [3.05, 3.63) is 0 Å². The van der Waals surface area contributed by atoms with Crippen molar-refractivity contribution in [3.8, 4) is 0 Å². The van der Waals surface area contributed by atoms with Crippen LogP contribution in [0.1, 0.15) is 33.1 Å². The summed E-state index contributed by atoms with van der Waals surface area (Å²) < 4.78 is 2.14. The Hall–Kier alpha value is -0.100. The van der Waals surface area contributed by atoms with Crippen LogP contribution in [-0.4, -0.2) is 29.4 Å². The highest BCUT2D eigenvalue weighted by Gasteiger charge is 2.28. The third kappa shape index (κ3) is 2.20. The lowest BCUT2D eigenvalue weighted by atomic mass is 10.3. The molecule has 1 atom stereocenters. The molecule has 3 heteroatoms. The quantitative estimate of drug-likeness (QED) is 0.619. The summed E-state index contributed by atoms with van der Waals surface area (Å²) in [5.41, 5.74) is 0. The fourth-order valence-electron chi connectivity index (χ4n) is 1.54. The minimum atomic E-state index is -0.0735. The highest BCUT2D eigenvalue weighted by atomic mass is 31.1.